The molecule has 0 spiro atoms. The van der Waals surface area contributed by atoms with Gasteiger partial charge in [0.25, 0.3) is 0 Å². The maximum absolute atomic E-state index is 12.4. The Morgan fingerprint density at radius 3 is 1.80 bits per heavy atom. The summed E-state index contributed by atoms with van der Waals surface area (Å²) in [6.07, 6.45) is 6.07. The molecule has 0 unspecified atom stereocenters. The number of benzene rings is 1. The van der Waals surface area contributed by atoms with E-state index in [-0.39, 0.29) is 17.6 Å². The van der Waals surface area contributed by atoms with Crippen molar-refractivity contribution in [1.29, 1.82) is 0 Å². The Labute approximate surface area is 212 Å². The summed E-state index contributed by atoms with van der Waals surface area (Å²) in [4.78, 5) is 16.5. The zero-order chi connectivity index (χ0) is 26.6. The number of amides is 2. The van der Waals surface area contributed by atoms with E-state index in [4.69, 9.17) is 5.73 Å². The monoisotopic (exact) mass is 510 g/mol. The first-order chi connectivity index (χ1) is 16.1. The molecule has 2 amide bonds. The van der Waals surface area contributed by atoms with Crippen molar-refractivity contribution in [3.63, 3.8) is 0 Å². The number of rotatable bonds is 8. The lowest BCUT2D eigenvalue weighted by atomic mass is 9.99. The Balaban J connectivity index is 0.000000466. The van der Waals surface area contributed by atoms with Crippen molar-refractivity contribution in [2.45, 2.75) is 77.3 Å². The van der Waals surface area contributed by atoms with Crippen LogP contribution in [0.1, 0.15) is 62.8 Å². The van der Waals surface area contributed by atoms with E-state index in [1.54, 1.807) is 0 Å². The molecule has 3 rings (SSSR count). The maximum atomic E-state index is 12.4. The van der Waals surface area contributed by atoms with E-state index in [2.05, 4.69) is 39.6 Å². The molecule has 0 aliphatic heterocycles. The van der Waals surface area contributed by atoms with Gasteiger partial charge in [0.1, 0.15) is 0 Å². The predicted molar refractivity (Wildman–Crippen MR) is 144 cm³/mol. The molecule has 5 N–H and O–H groups in total. The fourth-order valence-electron chi connectivity index (χ4n) is 3.88. The Morgan fingerprint density at radius 1 is 0.914 bits per heavy atom. The topological polar surface area (TPSA) is 120 Å². The van der Waals surface area contributed by atoms with Crippen molar-refractivity contribution >= 4 is 21.9 Å². The van der Waals surface area contributed by atoms with Gasteiger partial charge in [0.2, 0.25) is 0 Å². The molecule has 0 heterocycles. The Morgan fingerprint density at radius 2 is 1.40 bits per heavy atom. The van der Waals surface area contributed by atoms with Crippen molar-refractivity contribution in [1.82, 2.24) is 19.2 Å². The van der Waals surface area contributed by atoms with Gasteiger partial charge >= 0.3 is 16.2 Å². The van der Waals surface area contributed by atoms with Crippen molar-refractivity contribution in [3.8, 4) is 0 Å². The molecule has 0 saturated heterocycles. The highest BCUT2D eigenvalue weighted by Crippen LogP contribution is 2.38. The number of urea groups is 1. The van der Waals surface area contributed by atoms with E-state index < -0.39 is 16.2 Å². The van der Waals surface area contributed by atoms with Crippen LogP contribution in [0.15, 0.2) is 6.07 Å². The number of likely N-dealkylation sites (N-methyl/N-ethyl adjacent to an activating group) is 2. The molecule has 0 atom stereocenters. The summed E-state index contributed by atoms with van der Waals surface area (Å²) in [5.74, 6) is 0. The zero-order valence-corrected chi connectivity index (χ0v) is 23.7. The van der Waals surface area contributed by atoms with Gasteiger partial charge in [0.05, 0.1) is 0 Å². The van der Waals surface area contributed by atoms with Crippen LogP contribution in [0, 0.1) is 0 Å². The molecule has 1 aromatic rings. The van der Waals surface area contributed by atoms with Crippen LogP contribution in [-0.4, -0.2) is 76.6 Å². The quantitative estimate of drug-likeness (QED) is 0.426. The van der Waals surface area contributed by atoms with Crippen molar-refractivity contribution in [2.24, 2.45) is 5.73 Å². The minimum atomic E-state index is -3.93. The summed E-state index contributed by atoms with van der Waals surface area (Å²) in [5, 5.41) is 2.84. The van der Waals surface area contributed by atoms with E-state index in [9.17, 15) is 13.2 Å². The van der Waals surface area contributed by atoms with Gasteiger partial charge in [-0.15, -0.1) is 0 Å². The third-order valence-corrected chi connectivity index (χ3v) is 8.53. The fraction of sp³-hybridized carbons (Fsp3) is 0.720. The second kappa shape index (κ2) is 11.6. The summed E-state index contributed by atoms with van der Waals surface area (Å²) < 4.78 is 29.1. The van der Waals surface area contributed by atoms with Gasteiger partial charge in [-0.25, -0.2) is 9.52 Å². The van der Waals surface area contributed by atoms with Crippen LogP contribution < -0.4 is 20.5 Å². The smallest absolute Gasteiger partial charge is 0.329 e. The number of nitrogens with two attached hydrogens (primary N) is 1. The van der Waals surface area contributed by atoms with Crippen molar-refractivity contribution in [2.75, 3.05) is 46.6 Å². The van der Waals surface area contributed by atoms with Crippen molar-refractivity contribution < 1.29 is 13.2 Å². The zero-order valence-electron chi connectivity index (χ0n) is 22.8. The van der Waals surface area contributed by atoms with Crippen LogP contribution in [0.5, 0.6) is 0 Å². The van der Waals surface area contributed by atoms with Gasteiger partial charge in [-0.1, -0.05) is 6.07 Å². The molecule has 9 nitrogen and oxygen atoms in total. The molecule has 2 aliphatic carbocycles. The number of nitrogens with zero attached hydrogens (tertiary/aromatic N) is 2. The first kappa shape index (κ1) is 29.5. The third kappa shape index (κ3) is 7.88. The number of nitrogens with one attached hydrogen (secondary N) is 3. The summed E-state index contributed by atoms with van der Waals surface area (Å²) in [5.41, 5.74) is 11.0. The highest BCUT2D eigenvalue weighted by molar-refractivity contribution is 7.88. The Kier molecular flexibility index (Phi) is 9.74. The lowest BCUT2D eigenvalue weighted by Crippen LogP contribution is -2.51. The van der Waals surface area contributed by atoms with Crippen LogP contribution in [-0.2, 0) is 35.9 Å². The van der Waals surface area contributed by atoms with Crippen LogP contribution >= 0.6 is 0 Å². The molecular formula is C25H46N6O3S. The lowest BCUT2D eigenvalue weighted by Gasteiger charge is -2.32. The number of fused-ring (bicyclic) bond motifs is 2. The summed E-state index contributed by atoms with van der Waals surface area (Å²) in [6.45, 7) is 8.98. The van der Waals surface area contributed by atoms with Gasteiger partial charge in [-0.3, -0.25) is 0 Å². The molecule has 0 fully saturated rings. The number of hydrogen-bond acceptors (Lipinski definition) is 6. The SMILES string of the molecule is CN(C)C(C)(C)CN.CN(C)C(C)(C)CNS(=O)(=O)NC(=O)Nc1c2c(cc3c1CCC3)CCC2. The van der Waals surface area contributed by atoms with Gasteiger partial charge in [0, 0.05) is 29.9 Å². The molecule has 0 saturated carbocycles. The van der Waals surface area contributed by atoms with Gasteiger partial charge in [-0.05, 0) is 117 Å². The minimum absolute atomic E-state index is 0.153. The lowest BCUT2D eigenvalue weighted by molar-refractivity contribution is 0.198. The van der Waals surface area contributed by atoms with Crippen molar-refractivity contribution in [3.05, 3.63) is 28.3 Å². The number of aryl methyl sites for hydroxylation is 2. The molecule has 1 aromatic carbocycles. The van der Waals surface area contributed by atoms with E-state index in [0.29, 0.717) is 6.54 Å². The fourth-order valence-corrected chi connectivity index (χ4v) is 4.79. The van der Waals surface area contributed by atoms with Gasteiger partial charge in [-0.2, -0.15) is 13.1 Å². The number of anilines is 1. The van der Waals surface area contributed by atoms with Crippen LogP contribution in [0.2, 0.25) is 0 Å². The van der Waals surface area contributed by atoms with Crippen LogP contribution in [0.25, 0.3) is 0 Å². The molecule has 0 radical (unpaired) electrons. The molecule has 35 heavy (non-hydrogen) atoms. The highest BCUT2D eigenvalue weighted by Gasteiger charge is 2.27. The average Bonchev–Trinajstić information content (AvgIpc) is 3.41. The summed E-state index contributed by atoms with van der Waals surface area (Å²) >= 11 is 0. The Hall–Kier alpha value is -1.72. The van der Waals surface area contributed by atoms with E-state index in [1.807, 2.05) is 46.9 Å². The molecule has 0 bridgehead atoms. The molecule has 0 aromatic heterocycles. The molecule has 200 valence electrons. The average molecular weight is 511 g/mol. The van der Waals surface area contributed by atoms with Crippen LogP contribution in [0.3, 0.4) is 0 Å². The first-order valence-electron chi connectivity index (χ1n) is 12.4. The Bertz CT molecular complexity index is 971. The number of hydrogen-bond donors (Lipinski definition) is 4. The van der Waals surface area contributed by atoms with Crippen LogP contribution in [0.4, 0.5) is 10.5 Å². The molecule has 2 aliphatic rings. The minimum Gasteiger partial charge on any atom is -0.329 e. The standard InChI is InChI=1S/C19H30N4O3S.C6H16N2/c1-19(2,23(3)4)12-20-27(25,26)22-18(24)21-17-15-9-5-7-13(15)11-14-8-6-10-16(14)17;1-6(2,5-7)8(3)4/h11,20H,5-10,12H2,1-4H3,(H2,21,22,24);5,7H2,1-4H3. The second-order valence-corrected chi connectivity index (χ2v) is 12.7. The first-order valence-corrected chi connectivity index (χ1v) is 13.9. The predicted octanol–water partition coefficient (Wildman–Crippen LogP) is 2.25. The van der Waals surface area contributed by atoms with E-state index in [1.165, 1.54) is 22.3 Å². The largest absolute Gasteiger partial charge is 0.333 e. The maximum Gasteiger partial charge on any atom is 0.333 e. The molecular weight excluding hydrogens is 464 g/mol. The number of carbonyl (C=O) groups is 1. The second-order valence-electron chi connectivity index (χ2n) is 11.2. The van der Waals surface area contributed by atoms with Gasteiger partial charge in [0.15, 0.2) is 0 Å². The van der Waals surface area contributed by atoms with Gasteiger partial charge < -0.3 is 20.9 Å². The summed E-state index contributed by atoms with van der Waals surface area (Å²) in [6, 6.07) is 1.56. The third-order valence-electron chi connectivity index (χ3n) is 7.55. The van der Waals surface area contributed by atoms with E-state index in [0.717, 1.165) is 44.2 Å². The highest BCUT2D eigenvalue weighted by atomic mass is 32.2. The summed E-state index contributed by atoms with van der Waals surface area (Å²) in [7, 11) is 3.89. The normalized spacial score (nSPS) is 15.5. The number of carbonyl (C=O) groups excluding carboxylic acids is 1. The van der Waals surface area contributed by atoms with E-state index >= 15 is 0 Å². The molecule has 10 heteroatoms.